The lowest BCUT2D eigenvalue weighted by Crippen LogP contribution is -2.13. The van der Waals surface area contributed by atoms with Crippen molar-refractivity contribution >= 4 is 61.1 Å². The van der Waals surface area contributed by atoms with Crippen molar-refractivity contribution in [1.82, 2.24) is 0 Å². The molecule has 0 radical (unpaired) electrons. The van der Waals surface area contributed by atoms with Crippen LogP contribution in [-0.2, 0) is 11.4 Å². The second kappa shape index (κ2) is 10.6. The molecule has 31 heavy (non-hydrogen) atoms. The molecular weight excluding hydrogens is 544 g/mol. The molecule has 0 aliphatic heterocycles. The zero-order valence-electron chi connectivity index (χ0n) is 16.5. The zero-order chi connectivity index (χ0) is 22.4. The van der Waals surface area contributed by atoms with Crippen LogP contribution in [0.4, 0.5) is 5.69 Å². The van der Waals surface area contributed by atoms with Gasteiger partial charge in [0, 0.05) is 26.3 Å². The summed E-state index contributed by atoms with van der Waals surface area (Å²) in [6, 6.07) is 20.3. The van der Waals surface area contributed by atoms with Crippen molar-refractivity contribution < 1.29 is 9.53 Å². The lowest BCUT2D eigenvalue weighted by Gasteiger charge is -2.13. The maximum atomic E-state index is 12.7. The van der Waals surface area contributed by atoms with E-state index in [0.717, 1.165) is 15.6 Å². The van der Waals surface area contributed by atoms with Crippen molar-refractivity contribution in [1.29, 1.82) is 5.26 Å². The maximum Gasteiger partial charge on any atom is 0.266 e. The molecule has 0 heterocycles. The fraction of sp³-hybridized carbons (Fsp3) is 0.0833. The number of hydrogen-bond acceptors (Lipinski definition) is 3. The number of halogens is 3. The van der Waals surface area contributed by atoms with Crippen molar-refractivity contribution in [2.75, 3.05) is 5.32 Å². The second-order valence-electron chi connectivity index (χ2n) is 6.68. The molecule has 1 N–H and O–H groups in total. The predicted octanol–water partition coefficient (Wildman–Crippen LogP) is 7.30. The van der Waals surface area contributed by atoms with E-state index in [-0.39, 0.29) is 12.2 Å². The summed E-state index contributed by atoms with van der Waals surface area (Å²) < 4.78 is 7.46. The monoisotopic (exact) mass is 558 g/mol. The number of benzene rings is 3. The van der Waals surface area contributed by atoms with Crippen LogP contribution in [0.15, 0.2) is 75.2 Å². The molecule has 0 saturated carbocycles. The quantitative estimate of drug-likeness (QED) is 0.254. The highest BCUT2D eigenvalue weighted by Crippen LogP contribution is 2.35. The first kappa shape index (κ1) is 23.1. The SMILES string of the molecule is Cc1ccc(NC(=O)/C(C#N)=C/c2cc(Br)cc(Br)c2OCc2ccccc2Cl)cc1. The number of amides is 1. The van der Waals surface area contributed by atoms with Gasteiger partial charge in [-0.1, -0.05) is 63.4 Å². The van der Waals surface area contributed by atoms with E-state index in [1.807, 2.05) is 49.4 Å². The van der Waals surface area contributed by atoms with Crippen LogP contribution in [0.5, 0.6) is 5.75 Å². The van der Waals surface area contributed by atoms with Gasteiger partial charge >= 0.3 is 0 Å². The topological polar surface area (TPSA) is 62.1 Å². The summed E-state index contributed by atoms with van der Waals surface area (Å²) in [6.07, 6.45) is 1.50. The molecule has 3 aromatic rings. The fourth-order valence-corrected chi connectivity index (χ4v) is 4.31. The summed E-state index contributed by atoms with van der Waals surface area (Å²) in [5, 5.41) is 12.9. The number of hydrogen-bond donors (Lipinski definition) is 1. The lowest BCUT2D eigenvalue weighted by atomic mass is 10.1. The number of carbonyl (C=O) groups excluding carboxylic acids is 1. The maximum absolute atomic E-state index is 12.7. The van der Waals surface area contributed by atoms with Crippen LogP contribution < -0.4 is 10.1 Å². The molecule has 7 heteroatoms. The fourth-order valence-electron chi connectivity index (χ4n) is 2.74. The first-order valence-electron chi connectivity index (χ1n) is 9.22. The van der Waals surface area contributed by atoms with Gasteiger partial charge in [-0.3, -0.25) is 4.79 Å². The van der Waals surface area contributed by atoms with Gasteiger partial charge in [-0.2, -0.15) is 5.26 Å². The lowest BCUT2D eigenvalue weighted by molar-refractivity contribution is -0.112. The molecular formula is C24H17Br2ClN2O2. The van der Waals surface area contributed by atoms with Gasteiger partial charge in [-0.05, 0) is 59.3 Å². The minimum atomic E-state index is -0.500. The van der Waals surface area contributed by atoms with Gasteiger partial charge < -0.3 is 10.1 Å². The van der Waals surface area contributed by atoms with E-state index in [1.165, 1.54) is 6.08 Å². The number of aryl methyl sites for hydroxylation is 1. The normalized spacial score (nSPS) is 11.0. The molecule has 0 atom stereocenters. The summed E-state index contributed by atoms with van der Waals surface area (Å²) in [4.78, 5) is 12.7. The Hall–Kier alpha value is -2.59. The summed E-state index contributed by atoms with van der Waals surface area (Å²) >= 11 is 13.2. The molecule has 0 aliphatic rings. The molecule has 0 spiro atoms. The Morgan fingerprint density at radius 1 is 1.16 bits per heavy atom. The van der Waals surface area contributed by atoms with Gasteiger partial charge in [0.15, 0.2) is 0 Å². The van der Waals surface area contributed by atoms with Gasteiger partial charge in [0.2, 0.25) is 0 Å². The van der Waals surface area contributed by atoms with E-state index in [1.54, 1.807) is 24.3 Å². The average molecular weight is 561 g/mol. The molecule has 156 valence electrons. The summed E-state index contributed by atoms with van der Waals surface area (Å²) in [5.41, 5.74) is 3.04. The Bertz CT molecular complexity index is 1190. The Balaban J connectivity index is 1.89. The molecule has 0 saturated heterocycles. The zero-order valence-corrected chi connectivity index (χ0v) is 20.4. The Labute approximate surface area is 202 Å². The standard InChI is InChI=1S/C24H17Br2ClN2O2/c1-15-6-8-20(9-7-15)29-24(30)18(13-28)10-17-11-19(25)12-21(26)23(17)31-14-16-4-2-3-5-22(16)27/h2-12H,14H2,1H3,(H,29,30)/b18-10+. The molecule has 3 aromatic carbocycles. The first-order valence-corrected chi connectivity index (χ1v) is 11.2. The van der Waals surface area contributed by atoms with E-state index >= 15 is 0 Å². The van der Waals surface area contributed by atoms with Crippen LogP contribution in [0.3, 0.4) is 0 Å². The van der Waals surface area contributed by atoms with Crippen LogP contribution in [0.2, 0.25) is 5.02 Å². The third-order valence-corrected chi connectivity index (χ3v) is 5.76. The highest BCUT2D eigenvalue weighted by molar-refractivity contribution is 9.11. The van der Waals surface area contributed by atoms with Crippen molar-refractivity contribution in [2.24, 2.45) is 0 Å². The van der Waals surface area contributed by atoms with Gasteiger partial charge in [-0.15, -0.1) is 0 Å². The van der Waals surface area contributed by atoms with Gasteiger partial charge in [0.25, 0.3) is 5.91 Å². The van der Waals surface area contributed by atoms with E-state index < -0.39 is 5.91 Å². The third-order valence-electron chi connectivity index (χ3n) is 4.34. The van der Waals surface area contributed by atoms with Crippen molar-refractivity contribution in [3.63, 3.8) is 0 Å². The number of carbonyl (C=O) groups is 1. The highest BCUT2D eigenvalue weighted by atomic mass is 79.9. The smallest absolute Gasteiger partial charge is 0.266 e. The Kier molecular flexibility index (Phi) is 7.91. The summed E-state index contributed by atoms with van der Waals surface area (Å²) in [5.74, 6) is -0.00138. The predicted molar refractivity (Wildman–Crippen MR) is 131 cm³/mol. The van der Waals surface area contributed by atoms with Crippen LogP contribution in [0, 0.1) is 18.3 Å². The number of nitriles is 1. The minimum Gasteiger partial charge on any atom is -0.487 e. The van der Waals surface area contributed by atoms with Crippen molar-refractivity contribution in [3.8, 4) is 11.8 Å². The van der Waals surface area contributed by atoms with Gasteiger partial charge in [0.1, 0.15) is 24.0 Å². The number of anilines is 1. The van der Waals surface area contributed by atoms with Crippen LogP contribution in [0.25, 0.3) is 6.08 Å². The van der Waals surface area contributed by atoms with E-state index in [2.05, 4.69) is 37.2 Å². The largest absolute Gasteiger partial charge is 0.487 e. The Morgan fingerprint density at radius 2 is 1.87 bits per heavy atom. The van der Waals surface area contributed by atoms with Crippen molar-refractivity contribution in [2.45, 2.75) is 13.5 Å². The molecule has 1 amide bonds. The highest BCUT2D eigenvalue weighted by Gasteiger charge is 2.15. The molecule has 3 rings (SSSR count). The summed E-state index contributed by atoms with van der Waals surface area (Å²) in [7, 11) is 0. The van der Waals surface area contributed by atoms with Crippen LogP contribution in [-0.4, -0.2) is 5.91 Å². The molecule has 0 fully saturated rings. The van der Waals surface area contributed by atoms with Crippen LogP contribution >= 0.6 is 43.5 Å². The third kappa shape index (κ3) is 6.20. The van der Waals surface area contributed by atoms with Crippen molar-refractivity contribution in [3.05, 3.63) is 96.9 Å². The molecule has 4 nitrogen and oxygen atoms in total. The molecule has 0 aliphatic carbocycles. The van der Waals surface area contributed by atoms with Gasteiger partial charge in [-0.25, -0.2) is 0 Å². The van der Waals surface area contributed by atoms with E-state index in [0.29, 0.717) is 26.5 Å². The second-order valence-corrected chi connectivity index (χ2v) is 8.85. The number of nitrogens with zero attached hydrogens (tertiary/aromatic N) is 1. The first-order chi connectivity index (χ1) is 14.9. The summed E-state index contributed by atoms with van der Waals surface area (Å²) in [6.45, 7) is 2.19. The molecule has 0 bridgehead atoms. The average Bonchev–Trinajstić information content (AvgIpc) is 2.74. The number of nitrogens with one attached hydrogen (secondary N) is 1. The Morgan fingerprint density at radius 3 is 2.55 bits per heavy atom. The number of ether oxygens (including phenoxy) is 1. The van der Waals surface area contributed by atoms with Gasteiger partial charge in [0.05, 0.1) is 4.47 Å². The minimum absolute atomic E-state index is 0.0480. The van der Waals surface area contributed by atoms with E-state index in [9.17, 15) is 10.1 Å². The van der Waals surface area contributed by atoms with Crippen LogP contribution in [0.1, 0.15) is 16.7 Å². The van der Waals surface area contributed by atoms with E-state index in [4.69, 9.17) is 16.3 Å². The number of rotatable bonds is 6. The molecule has 0 aromatic heterocycles. The molecule has 0 unspecified atom stereocenters.